The molecule has 14 heteroatoms. The van der Waals surface area contributed by atoms with Crippen molar-refractivity contribution in [3.63, 3.8) is 0 Å². The summed E-state index contributed by atoms with van der Waals surface area (Å²) in [6.07, 6.45) is -0.947. The summed E-state index contributed by atoms with van der Waals surface area (Å²) in [6.45, 7) is 2.23. The first kappa shape index (κ1) is 33.6. The standard InChI is InChI=1S/C30H40N6O8/c1-17-13-24(26(40)34-22(29(43)44)3-2-12-33-30(31)32)36(16-17)28(42)23(14-18-4-8-20(37)9-5-18)35-27(41)25(39)15-19-6-10-21(38)11-7-19/h4-11,17,22-25,37-39H,2-3,12-16H2,1H3,(H,34,40)(H,35,41)(H,43,44)(H4,31,32,33)/t17-,22-,23-,24-,25+/m0/s1. The number of hydrogen-bond acceptors (Lipinski definition) is 8. The van der Waals surface area contributed by atoms with Gasteiger partial charge in [0.05, 0.1) is 0 Å². The number of nitrogens with one attached hydrogen (secondary N) is 2. The fourth-order valence-corrected chi connectivity index (χ4v) is 5.05. The first-order valence-electron chi connectivity index (χ1n) is 14.3. The molecule has 2 aromatic rings. The zero-order valence-corrected chi connectivity index (χ0v) is 24.4. The minimum Gasteiger partial charge on any atom is -0.508 e. The topological polar surface area (TPSA) is 241 Å². The second-order valence-electron chi connectivity index (χ2n) is 11.0. The minimum atomic E-state index is -1.51. The Labute approximate surface area is 254 Å². The molecule has 0 saturated carbocycles. The van der Waals surface area contributed by atoms with Gasteiger partial charge in [0.1, 0.15) is 35.7 Å². The van der Waals surface area contributed by atoms with Gasteiger partial charge in [0.25, 0.3) is 0 Å². The number of benzene rings is 2. The van der Waals surface area contributed by atoms with E-state index in [0.717, 1.165) is 0 Å². The van der Waals surface area contributed by atoms with Crippen LogP contribution in [0, 0.1) is 5.92 Å². The number of aliphatic hydroxyl groups excluding tert-OH is 1. The number of rotatable bonds is 14. The Hall–Kier alpha value is -4.85. The molecule has 238 valence electrons. The lowest BCUT2D eigenvalue weighted by Crippen LogP contribution is -2.56. The molecule has 3 rings (SSSR count). The fraction of sp³-hybridized carbons (Fsp3) is 0.433. The highest BCUT2D eigenvalue weighted by Gasteiger charge is 2.41. The monoisotopic (exact) mass is 612 g/mol. The normalized spacial score (nSPS) is 18.1. The van der Waals surface area contributed by atoms with Crippen molar-refractivity contribution in [3.05, 3.63) is 59.7 Å². The highest BCUT2D eigenvalue weighted by atomic mass is 16.4. The van der Waals surface area contributed by atoms with Gasteiger partial charge in [-0.05, 0) is 60.6 Å². The second kappa shape index (κ2) is 15.6. The van der Waals surface area contributed by atoms with E-state index >= 15 is 0 Å². The van der Waals surface area contributed by atoms with Crippen LogP contribution in [0.5, 0.6) is 11.5 Å². The fourth-order valence-electron chi connectivity index (χ4n) is 5.05. The molecule has 1 fully saturated rings. The van der Waals surface area contributed by atoms with Crippen LogP contribution in [0.3, 0.4) is 0 Å². The number of phenolic OH excluding ortho intramolecular Hbond substituents is 2. The van der Waals surface area contributed by atoms with Crippen molar-refractivity contribution in [1.82, 2.24) is 15.5 Å². The Morgan fingerprint density at radius 2 is 1.50 bits per heavy atom. The van der Waals surface area contributed by atoms with E-state index in [1.54, 1.807) is 24.3 Å². The van der Waals surface area contributed by atoms with E-state index in [-0.39, 0.29) is 62.1 Å². The molecule has 10 N–H and O–H groups in total. The molecule has 0 spiro atoms. The summed E-state index contributed by atoms with van der Waals surface area (Å²) in [4.78, 5) is 57.3. The number of carbonyl (C=O) groups is 4. The highest BCUT2D eigenvalue weighted by molar-refractivity contribution is 5.94. The molecule has 44 heavy (non-hydrogen) atoms. The van der Waals surface area contributed by atoms with E-state index in [9.17, 15) is 39.6 Å². The molecule has 0 aromatic heterocycles. The summed E-state index contributed by atoms with van der Waals surface area (Å²) in [5.74, 6) is -3.44. The molecule has 1 saturated heterocycles. The van der Waals surface area contributed by atoms with E-state index in [1.807, 2.05) is 6.92 Å². The molecule has 3 amide bonds. The van der Waals surface area contributed by atoms with E-state index < -0.39 is 47.9 Å². The molecule has 1 aliphatic heterocycles. The van der Waals surface area contributed by atoms with Crippen molar-refractivity contribution >= 4 is 29.7 Å². The third kappa shape index (κ3) is 9.87. The molecule has 0 radical (unpaired) electrons. The number of aromatic hydroxyl groups is 2. The Bertz CT molecular complexity index is 1330. The number of guanidine groups is 1. The Morgan fingerprint density at radius 3 is 2.05 bits per heavy atom. The van der Waals surface area contributed by atoms with Crippen LogP contribution >= 0.6 is 0 Å². The summed E-state index contributed by atoms with van der Waals surface area (Å²) in [5, 5.41) is 44.6. The Balaban J connectivity index is 1.77. The van der Waals surface area contributed by atoms with Crippen molar-refractivity contribution in [3.8, 4) is 11.5 Å². The van der Waals surface area contributed by atoms with Gasteiger partial charge in [-0.3, -0.25) is 19.4 Å². The van der Waals surface area contributed by atoms with Crippen LogP contribution < -0.4 is 22.1 Å². The minimum absolute atomic E-state index is 0.00144. The molecule has 14 nitrogen and oxygen atoms in total. The number of nitrogens with zero attached hydrogens (tertiary/aromatic N) is 2. The number of amides is 3. The number of carboxylic acid groups (broad SMARTS) is 1. The van der Waals surface area contributed by atoms with Crippen molar-refractivity contribution in [2.75, 3.05) is 13.1 Å². The number of nitrogens with two attached hydrogens (primary N) is 2. The molecule has 2 aromatic carbocycles. The number of carboxylic acids is 1. The summed E-state index contributed by atoms with van der Waals surface area (Å²) in [6, 6.07) is 8.62. The van der Waals surface area contributed by atoms with E-state index in [2.05, 4.69) is 15.6 Å². The number of phenols is 2. The van der Waals surface area contributed by atoms with Gasteiger partial charge in [-0.1, -0.05) is 31.2 Å². The molecule has 0 bridgehead atoms. The number of carbonyl (C=O) groups excluding carboxylic acids is 3. The SMILES string of the molecule is C[C@H]1C[C@@H](C(=O)N[C@@H](CCCN=C(N)N)C(=O)O)N(C(=O)[C@H](Cc2ccc(O)cc2)NC(=O)[C@H](O)Cc2ccc(O)cc2)C1. The zero-order chi connectivity index (χ0) is 32.4. The van der Waals surface area contributed by atoms with Crippen molar-refractivity contribution in [1.29, 1.82) is 0 Å². The number of aliphatic hydroxyl groups is 1. The van der Waals surface area contributed by atoms with Gasteiger partial charge in [-0.15, -0.1) is 0 Å². The van der Waals surface area contributed by atoms with Crippen LogP contribution in [0.1, 0.15) is 37.3 Å². The van der Waals surface area contributed by atoms with Gasteiger partial charge in [0.2, 0.25) is 17.7 Å². The maximum atomic E-state index is 13.9. The predicted octanol–water partition coefficient (Wildman–Crippen LogP) is -0.411. The predicted molar refractivity (Wildman–Crippen MR) is 160 cm³/mol. The molecule has 0 unspecified atom stereocenters. The van der Waals surface area contributed by atoms with Gasteiger partial charge >= 0.3 is 5.97 Å². The maximum Gasteiger partial charge on any atom is 0.326 e. The Kier molecular flexibility index (Phi) is 11.9. The lowest BCUT2D eigenvalue weighted by molar-refractivity contribution is -0.145. The Morgan fingerprint density at radius 1 is 0.932 bits per heavy atom. The highest BCUT2D eigenvalue weighted by Crippen LogP contribution is 2.25. The zero-order valence-electron chi connectivity index (χ0n) is 24.4. The lowest BCUT2D eigenvalue weighted by Gasteiger charge is -2.30. The van der Waals surface area contributed by atoms with Crippen LogP contribution in [0.15, 0.2) is 53.5 Å². The van der Waals surface area contributed by atoms with E-state index in [1.165, 1.54) is 29.2 Å². The first-order chi connectivity index (χ1) is 20.8. The van der Waals surface area contributed by atoms with Crippen LogP contribution in [0.2, 0.25) is 0 Å². The van der Waals surface area contributed by atoms with Crippen LogP contribution in [-0.4, -0.2) is 92.3 Å². The largest absolute Gasteiger partial charge is 0.508 e. The summed E-state index contributed by atoms with van der Waals surface area (Å²) in [7, 11) is 0. The van der Waals surface area contributed by atoms with Crippen molar-refractivity contribution in [2.45, 2.75) is 63.3 Å². The molecule has 1 heterocycles. The number of aliphatic imine (C=N–C) groups is 1. The lowest BCUT2D eigenvalue weighted by atomic mass is 10.0. The average molecular weight is 613 g/mol. The smallest absolute Gasteiger partial charge is 0.326 e. The number of aliphatic carboxylic acids is 1. The number of hydrogen-bond donors (Lipinski definition) is 8. The average Bonchev–Trinajstić information content (AvgIpc) is 3.37. The summed E-state index contributed by atoms with van der Waals surface area (Å²) >= 11 is 0. The number of likely N-dealkylation sites (tertiary alicyclic amines) is 1. The van der Waals surface area contributed by atoms with Crippen LogP contribution in [0.4, 0.5) is 0 Å². The summed E-state index contributed by atoms with van der Waals surface area (Å²) < 4.78 is 0. The van der Waals surface area contributed by atoms with Crippen molar-refractivity contribution < 1.29 is 39.6 Å². The van der Waals surface area contributed by atoms with E-state index in [0.29, 0.717) is 17.5 Å². The molecule has 0 aliphatic carbocycles. The van der Waals surface area contributed by atoms with Crippen LogP contribution in [-0.2, 0) is 32.0 Å². The molecule has 1 aliphatic rings. The molecular weight excluding hydrogens is 572 g/mol. The van der Waals surface area contributed by atoms with Gasteiger partial charge in [-0.2, -0.15) is 0 Å². The van der Waals surface area contributed by atoms with Gasteiger partial charge in [0, 0.05) is 25.9 Å². The first-order valence-corrected chi connectivity index (χ1v) is 14.3. The third-order valence-electron chi connectivity index (χ3n) is 7.31. The second-order valence-corrected chi connectivity index (χ2v) is 11.0. The van der Waals surface area contributed by atoms with Crippen LogP contribution in [0.25, 0.3) is 0 Å². The van der Waals surface area contributed by atoms with Gasteiger partial charge in [0.15, 0.2) is 5.96 Å². The van der Waals surface area contributed by atoms with E-state index in [4.69, 9.17) is 11.5 Å². The molecular formula is C30H40N6O8. The van der Waals surface area contributed by atoms with Gasteiger partial charge in [-0.25, -0.2) is 4.79 Å². The van der Waals surface area contributed by atoms with Crippen molar-refractivity contribution in [2.24, 2.45) is 22.4 Å². The summed E-state index contributed by atoms with van der Waals surface area (Å²) in [5.41, 5.74) is 11.8. The van der Waals surface area contributed by atoms with Gasteiger partial charge < -0.3 is 47.4 Å². The maximum absolute atomic E-state index is 13.9. The third-order valence-corrected chi connectivity index (χ3v) is 7.31. The molecule has 5 atom stereocenters. The quantitative estimate of drug-likeness (QED) is 0.0779.